The number of nitrogens with one attached hydrogen (secondary N) is 4. The standard InChI is InChI=1S/C33H43N5O7/c1-22(2)18-25(34-28(39)20-24-14-8-4-9-15-24)30(42)36-27(21-29(40)41)31(43)35-26(19-23-12-6-3-7-13-23)32(44)37-33(45)38-16-10-5-11-17-38/h3-4,6-9,12-15,22,25-27H,5,10-11,16-21H2,1-2H3,(H,34,39)(H,35,43)(H,36,42)(H,40,41)(H,37,44,45)/t25-,26-,27-/m0/s1. The van der Waals surface area contributed by atoms with Crippen LogP contribution >= 0.6 is 0 Å². The molecule has 1 aliphatic heterocycles. The molecule has 1 aliphatic rings. The molecule has 0 unspecified atom stereocenters. The molecule has 0 spiro atoms. The van der Waals surface area contributed by atoms with Crippen molar-refractivity contribution in [2.75, 3.05) is 13.1 Å². The number of carboxylic acids is 1. The largest absolute Gasteiger partial charge is 0.481 e. The molecule has 2 aromatic carbocycles. The zero-order valence-corrected chi connectivity index (χ0v) is 25.8. The molecule has 0 saturated carbocycles. The summed E-state index contributed by atoms with van der Waals surface area (Å²) in [7, 11) is 0. The van der Waals surface area contributed by atoms with Crippen LogP contribution in [0.4, 0.5) is 4.79 Å². The van der Waals surface area contributed by atoms with Crippen molar-refractivity contribution in [2.45, 2.75) is 76.9 Å². The number of urea groups is 1. The zero-order chi connectivity index (χ0) is 32.8. The number of carbonyl (C=O) groups is 6. The van der Waals surface area contributed by atoms with Gasteiger partial charge >= 0.3 is 12.0 Å². The van der Waals surface area contributed by atoms with Crippen molar-refractivity contribution in [1.29, 1.82) is 0 Å². The Labute approximate surface area is 263 Å². The summed E-state index contributed by atoms with van der Waals surface area (Å²) in [6.07, 6.45) is 2.18. The number of carbonyl (C=O) groups excluding carboxylic acids is 5. The highest BCUT2D eigenvalue weighted by molar-refractivity contribution is 6.00. The number of hydrogen-bond donors (Lipinski definition) is 5. The van der Waals surface area contributed by atoms with Crippen LogP contribution in [0.2, 0.25) is 0 Å². The molecule has 1 saturated heterocycles. The maximum absolute atomic E-state index is 13.5. The second-order valence-corrected chi connectivity index (χ2v) is 11.7. The maximum atomic E-state index is 13.5. The molecule has 6 amide bonds. The second kappa shape index (κ2) is 17.5. The first kappa shape index (κ1) is 34.7. The predicted octanol–water partition coefficient (Wildman–Crippen LogP) is 2.17. The third-order valence-electron chi connectivity index (χ3n) is 7.37. The van der Waals surface area contributed by atoms with Crippen LogP contribution in [0.5, 0.6) is 0 Å². The summed E-state index contributed by atoms with van der Waals surface area (Å²) in [6.45, 7) is 4.76. The molecule has 3 rings (SSSR count). The van der Waals surface area contributed by atoms with Crippen LogP contribution in [-0.4, -0.2) is 76.9 Å². The molecule has 12 nitrogen and oxygen atoms in total. The lowest BCUT2D eigenvalue weighted by Gasteiger charge is -2.28. The second-order valence-electron chi connectivity index (χ2n) is 11.7. The van der Waals surface area contributed by atoms with Gasteiger partial charge in [0.05, 0.1) is 12.8 Å². The van der Waals surface area contributed by atoms with Gasteiger partial charge in [-0.3, -0.25) is 29.3 Å². The highest BCUT2D eigenvalue weighted by Gasteiger charge is 2.32. The summed E-state index contributed by atoms with van der Waals surface area (Å²) in [5.74, 6) is -4.16. The van der Waals surface area contributed by atoms with Crippen molar-refractivity contribution < 1.29 is 33.9 Å². The van der Waals surface area contributed by atoms with E-state index in [9.17, 15) is 33.9 Å². The first-order chi connectivity index (χ1) is 21.5. The SMILES string of the molecule is CC(C)C[C@H](NC(=O)Cc1ccccc1)C(=O)N[C@@H](CC(=O)O)C(=O)N[C@@H](Cc1ccccc1)C(=O)NC(=O)N1CCCCC1. The van der Waals surface area contributed by atoms with E-state index < -0.39 is 60.2 Å². The number of amides is 6. The Hall–Kier alpha value is -4.74. The summed E-state index contributed by atoms with van der Waals surface area (Å²) in [5, 5.41) is 19.6. The molecule has 5 N–H and O–H groups in total. The van der Waals surface area contributed by atoms with Gasteiger partial charge in [0.2, 0.25) is 17.7 Å². The number of hydrogen-bond acceptors (Lipinski definition) is 6. The molecule has 0 aliphatic carbocycles. The average Bonchev–Trinajstić information content (AvgIpc) is 3.01. The minimum absolute atomic E-state index is 0.0130. The van der Waals surface area contributed by atoms with Gasteiger partial charge in [-0.2, -0.15) is 0 Å². The van der Waals surface area contributed by atoms with Gasteiger partial charge in [0.25, 0.3) is 5.91 Å². The number of aliphatic carboxylic acids is 1. The summed E-state index contributed by atoms with van der Waals surface area (Å²) >= 11 is 0. The molecule has 1 fully saturated rings. The fourth-order valence-corrected chi connectivity index (χ4v) is 5.09. The van der Waals surface area contributed by atoms with Crippen molar-refractivity contribution in [2.24, 2.45) is 5.92 Å². The Bertz CT molecular complexity index is 1310. The summed E-state index contributed by atoms with van der Waals surface area (Å²) in [5.41, 5.74) is 1.45. The fourth-order valence-electron chi connectivity index (χ4n) is 5.09. The maximum Gasteiger partial charge on any atom is 0.324 e. The molecular weight excluding hydrogens is 578 g/mol. The first-order valence-corrected chi connectivity index (χ1v) is 15.3. The van der Waals surface area contributed by atoms with Crippen molar-refractivity contribution in [3.8, 4) is 0 Å². The Morgan fingerprint density at radius 2 is 1.27 bits per heavy atom. The van der Waals surface area contributed by atoms with Crippen molar-refractivity contribution in [3.63, 3.8) is 0 Å². The van der Waals surface area contributed by atoms with Gasteiger partial charge in [-0.1, -0.05) is 74.5 Å². The highest BCUT2D eigenvalue weighted by Crippen LogP contribution is 2.11. The van der Waals surface area contributed by atoms with E-state index >= 15 is 0 Å². The predicted molar refractivity (Wildman–Crippen MR) is 167 cm³/mol. The van der Waals surface area contributed by atoms with Gasteiger partial charge < -0.3 is 26.0 Å². The molecule has 12 heteroatoms. The number of carboxylic acid groups (broad SMARTS) is 1. The topological polar surface area (TPSA) is 174 Å². The van der Waals surface area contributed by atoms with E-state index in [0.717, 1.165) is 24.8 Å². The number of piperidine rings is 1. The lowest BCUT2D eigenvalue weighted by molar-refractivity contribution is -0.141. The van der Waals surface area contributed by atoms with Crippen LogP contribution in [0, 0.1) is 5.92 Å². The Kier molecular flexibility index (Phi) is 13.5. The quantitative estimate of drug-likeness (QED) is 0.215. The minimum Gasteiger partial charge on any atom is -0.481 e. The molecule has 2 aromatic rings. The van der Waals surface area contributed by atoms with Crippen LogP contribution in [0.25, 0.3) is 0 Å². The van der Waals surface area contributed by atoms with Crippen molar-refractivity contribution in [3.05, 3.63) is 71.8 Å². The van der Waals surface area contributed by atoms with Gasteiger partial charge in [-0.25, -0.2) is 4.79 Å². The molecule has 0 aromatic heterocycles. The van der Waals surface area contributed by atoms with E-state index in [1.165, 1.54) is 4.90 Å². The van der Waals surface area contributed by atoms with Gasteiger partial charge in [0.1, 0.15) is 18.1 Å². The van der Waals surface area contributed by atoms with Crippen molar-refractivity contribution >= 4 is 35.6 Å². The van der Waals surface area contributed by atoms with Gasteiger partial charge in [-0.15, -0.1) is 0 Å². The van der Waals surface area contributed by atoms with Gasteiger partial charge in [0, 0.05) is 19.5 Å². The number of nitrogens with zero attached hydrogens (tertiary/aromatic N) is 1. The molecule has 0 radical (unpaired) electrons. The van der Waals surface area contributed by atoms with E-state index in [1.54, 1.807) is 54.6 Å². The first-order valence-electron chi connectivity index (χ1n) is 15.3. The lowest BCUT2D eigenvalue weighted by Crippen LogP contribution is -2.58. The van der Waals surface area contributed by atoms with E-state index in [4.69, 9.17) is 0 Å². The Morgan fingerprint density at radius 3 is 1.84 bits per heavy atom. The molecule has 45 heavy (non-hydrogen) atoms. The monoisotopic (exact) mass is 621 g/mol. The Balaban J connectivity index is 1.74. The fraction of sp³-hybridized carbons (Fsp3) is 0.455. The van der Waals surface area contributed by atoms with E-state index in [0.29, 0.717) is 18.7 Å². The van der Waals surface area contributed by atoms with Crippen LogP contribution in [0.15, 0.2) is 60.7 Å². The zero-order valence-electron chi connectivity index (χ0n) is 25.8. The average molecular weight is 622 g/mol. The van der Waals surface area contributed by atoms with E-state index in [1.807, 2.05) is 19.9 Å². The number of likely N-dealkylation sites (tertiary alicyclic amines) is 1. The molecule has 1 heterocycles. The third kappa shape index (κ3) is 12.0. The van der Waals surface area contributed by atoms with Gasteiger partial charge in [0.15, 0.2) is 0 Å². The normalized spacial score (nSPS) is 14.9. The number of benzene rings is 2. The lowest BCUT2D eigenvalue weighted by atomic mass is 10.0. The Morgan fingerprint density at radius 1 is 0.711 bits per heavy atom. The number of imide groups is 1. The molecular formula is C33H43N5O7. The van der Waals surface area contributed by atoms with Crippen LogP contribution in [-0.2, 0) is 36.8 Å². The molecule has 0 bridgehead atoms. The van der Waals surface area contributed by atoms with Gasteiger partial charge in [-0.05, 0) is 42.7 Å². The number of rotatable bonds is 14. The van der Waals surface area contributed by atoms with E-state index in [2.05, 4.69) is 21.3 Å². The van der Waals surface area contributed by atoms with Crippen molar-refractivity contribution in [1.82, 2.24) is 26.2 Å². The summed E-state index contributed by atoms with van der Waals surface area (Å²) in [6, 6.07) is 13.4. The van der Waals surface area contributed by atoms with Crippen LogP contribution < -0.4 is 21.3 Å². The van der Waals surface area contributed by atoms with Crippen LogP contribution in [0.3, 0.4) is 0 Å². The van der Waals surface area contributed by atoms with Crippen LogP contribution in [0.1, 0.15) is 57.1 Å². The molecule has 3 atom stereocenters. The highest BCUT2D eigenvalue weighted by atomic mass is 16.4. The summed E-state index contributed by atoms with van der Waals surface area (Å²) in [4.78, 5) is 78.9. The van der Waals surface area contributed by atoms with E-state index in [-0.39, 0.29) is 25.2 Å². The summed E-state index contributed by atoms with van der Waals surface area (Å²) < 4.78 is 0. The third-order valence-corrected chi connectivity index (χ3v) is 7.37. The minimum atomic E-state index is -1.56. The molecule has 242 valence electrons. The smallest absolute Gasteiger partial charge is 0.324 e.